The lowest BCUT2D eigenvalue weighted by atomic mass is 9.96. The predicted molar refractivity (Wildman–Crippen MR) is 64.7 cm³/mol. The van der Waals surface area contributed by atoms with Gasteiger partial charge in [0.05, 0.1) is 6.61 Å². The van der Waals surface area contributed by atoms with Crippen LogP contribution in [0.2, 0.25) is 0 Å². The average molecular weight is 261 g/mol. The van der Waals surface area contributed by atoms with Crippen LogP contribution in [0.5, 0.6) is 0 Å². The molecule has 1 aromatic rings. The van der Waals surface area contributed by atoms with Crippen molar-refractivity contribution in [2.24, 2.45) is 0 Å². The second kappa shape index (κ2) is 4.19. The molecule has 0 aromatic heterocycles. The maximum Gasteiger partial charge on any atom is 0.164 e. The highest BCUT2D eigenvalue weighted by Crippen LogP contribution is 2.44. The van der Waals surface area contributed by atoms with Gasteiger partial charge in [0.1, 0.15) is 10.4 Å². The van der Waals surface area contributed by atoms with E-state index < -0.39 is 16.2 Å². The lowest BCUT2D eigenvalue weighted by molar-refractivity contribution is -0.160. The van der Waals surface area contributed by atoms with E-state index in [9.17, 15) is 0 Å². The van der Waals surface area contributed by atoms with E-state index in [-0.39, 0.29) is 0 Å². The summed E-state index contributed by atoms with van der Waals surface area (Å²) in [6, 6.07) is 9.70. The normalized spacial score (nSPS) is 28.6. The lowest BCUT2D eigenvalue weighted by Crippen LogP contribution is -2.37. The molecule has 0 aliphatic carbocycles. The molecule has 16 heavy (non-hydrogen) atoms. The lowest BCUT2D eigenvalue weighted by Gasteiger charge is -2.30. The van der Waals surface area contributed by atoms with Crippen molar-refractivity contribution in [2.75, 3.05) is 6.61 Å². The summed E-state index contributed by atoms with van der Waals surface area (Å²) in [6.07, 6.45) is 0. The fraction of sp³-hybridized carbons (Fsp3) is 0.500. The van der Waals surface area contributed by atoms with E-state index >= 15 is 0 Å². The molecule has 0 saturated carbocycles. The molecule has 0 radical (unpaired) electrons. The van der Waals surface area contributed by atoms with Gasteiger partial charge >= 0.3 is 0 Å². The first-order chi connectivity index (χ1) is 7.46. The molecule has 0 amide bonds. The minimum absolute atomic E-state index is 0.363. The number of hydrogen-bond donors (Lipinski definition) is 0. The molecule has 0 bridgehead atoms. The van der Waals surface area contributed by atoms with E-state index in [2.05, 4.69) is 0 Å². The van der Waals surface area contributed by atoms with Crippen molar-refractivity contribution < 1.29 is 9.47 Å². The number of benzene rings is 1. The van der Waals surface area contributed by atoms with Gasteiger partial charge in [-0.25, -0.2) is 0 Å². The standard InChI is InChI=1S/C12H14Cl2O2/c1-11(2)15-8-12(16-11,10(13)14)9-6-4-3-5-7-9/h3-7,10H,8H2,1-2H3/t12-/m0/s1. The highest BCUT2D eigenvalue weighted by Gasteiger charge is 2.51. The van der Waals surface area contributed by atoms with Gasteiger partial charge in [-0.2, -0.15) is 0 Å². The maximum atomic E-state index is 6.06. The quantitative estimate of drug-likeness (QED) is 0.759. The molecule has 1 fully saturated rings. The van der Waals surface area contributed by atoms with Crippen LogP contribution in [-0.4, -0.2) is 17.2 Å². The Hall–Kier alpha value is -0.280. The van der Waals surface area contributed by atoms with Gasteiger partial charge in [-0.05, 0) is 19.4 Å². The highest BCUT2D eigenvalue weighted by molar-refractivity contribution is 6.45. The van der Waals surface area contributed by atoms with E-state index in [1.807, 2.05) is 44.2 Å². The first-order valence-corrected chi connectivity index (χ1v) is 6.01. The third-order valence-corrected chi connectivity index (χ3v) is 3.38. The van der Waals surface area contributed by atoms with Gasteiger partial charge in [0, 0.05) is 0 Å². The van der Waals surface area contributed by atoms with Crippen LogP contribution in [0.15, 0.2) is 30.3 Å². The van der Waals surface area contributed by atoms with E-state index in [4.69, 9.17) is 32.7 Å². The number of rotatable bonds is 2. The summed E-state index contributed by atoms with van der Waals surface area (Å²) in [5.74, 6) is -0.655. The summed E-state index contributed by atoms with van der Waals surface area (Å²) in [7, 11) is 0. The molecule has 0 unspecified atom stereocenters. The zero-order chi connectivity index (χ0) is 11.8. The van der Waals surface area contributed by atoms with Crippen LogP contribution in [0.1, 0.15) is 19.4 Å². The second-order valence-corrected chi connectivity index (χ2v) is 5.44. The summed E-state index contributed by atoms with van der Waals surface area (Å²) in [5.41, 5.74) is 0.170. The number of ether oxygens (including phenoxy) is 2. The maximum absolute atomic E-state index is 6.06. The summed E-state index contributed by atoms with van der Waals surface area (Å²) in [4.78, 5) is -0.670. The van der Waals surface area contributed by atoms with Gasteiger partial charge in [0.15, 0.2) is 5.79 Å². The molecular weight excluding hydrogens is 247 g/mol. The molecule has 1 heterocycles. The van der Waals surface area contributed by atoms with E-state index in [0.29, 0.717) is 6.61 Å². The monoisotopic (exact) mass is 260 g/mol. The largest absolute Gasteiger partial charge is 0.347 e. The van der Waals surface area contributed by atoms with Gasteiger partial charge in [0.2, 0.25) is 0 Å². The van der Waals surface area contributed by atoms with Crippen molar-refractivity contribution in [3.05, 3.63) is 35.9 Å². The zero-order valence-corrected chi connectivity index (χ0v) is 10.8. The van der Waals surface area contributed by atoms with Crippen molar-refractivity contribution in [2.45, 2.75) is 30.1 Å². The van der Waals surface area contributed by atoms with E-state index in [0.717, 1.165) is 5.56 Å². The summed E-state index contributed by atoms with van der Waals surface area (Å²) in [6.45, 7) is 4.07. The third-order valence-electron chi connectivity index (χ3n) is 2.68. The minimum atomic E-state index is -0.770. The molecule has 88 valence electrons. The molecule has 1 atom stereocenters. The predicted octanol–water partition coefficient (Wildman–Crippen LogP) is 3.47. The molecule has 1 saturated heterocycles. The molecule has 1 aromatic carbocycles. The van der Waals surface area contributed by atoms with Crippen LogP contribution in [0, 0.1) is 0 Å². The molecule has 0 spiro atoms. The average Bonchev–Trinajstić information content (AvgIpc) is 2.57. The van der Waals surface area contributed by atoms with Gasteiger partial charge in [-0.3, -0.25) is 0 Å². The van der Waals surface area contributed by atoms with Gasteiger partial charge in [-0.1, -0.05) is 30.3 Å². The fourth-order valence-electron chi connectivity index (χ4n) is 1.87. The number of halogens is 2. The Labute approximate surface area is 105 Å². The molecule has 1 aliphatic heterocycles. The van der Waals surface area contributed by atoms with Gasteiger partial charge < -0.3 is 9.47 Å². The van der Waals surface area contributed by atoms with Crippen LogP contribution in [-0.2, 0) is 15.1 Å². The smallest absolute Gasteiger partial charge is 0.164 e. The fourth-order valence-corrected chi connectivity index (χ4v) is 2.34. The Balaban J connectivity index is 2.39. The first kappa shape index (κ1) is 12.2. The van der Waals surface area contributed by atoms with Crippen molar-refractivity contribution >= 4 is 23.2 Å². The Morgan fingerprint density at radius 1 is 1.19 bits per heavy atom. The van der Waals surface area contributed by atoms with Crippen LogP contribution >= 0.6 is 23.2 Å². The minimum Gasteiger partial charge on any atom is -0.347 e. The van der Waals surface area contributed by atoms with Crippen molar-refractivity contribution in [3.63, 3.8) is 0 Å². The summed E-state index contributed by atoms with van der Waals surface area (Å²) < 4.78 is 11.5. The SMILES string of the molecule is CC1(C)OC[C@](c2ccccc2)(C(Cl)Cl)O1. The number of hydrogen-bond acceptors (Lipinski definition) is 2. The molecule has 0 N–H and O–H groups in total. The van der Waals surface area contributed by atoms with Crippen LogP contribution in [0.25, 0.3) is 0 Å². The highest BCUT2D eigenvalue weighted by atomic mass is 35.5. The Bertz CT molecular complexity index is 365. The van der Waals surface area contributed by atoms with Crippen LogP contribution in [0.4, 0.5) is 0 Å². The molecule has 1 aliphatic rings. The van der Waals surface area contributed by atoms with E-state index in [1.54, 1.807) is 0 Å². The molecule has 2 nitrogen and oxygen atoms in total. The van der Waals surface area contributed by atoms with Gasteiger partial charge in [-0.15, -0.1) is 23.2 Å². The van der Waals surface area contributed by atoms with Crippen LogP contribution in [0.3, 0.4) is 0 Å². The van der Waals surface area contributed by atoms with Crippen molar-refractivity contribution in [3.8, 4) is 0 Å². The van der Waals surface area contributed by atoms with E-state index in [1.165, 1.54) is 0 Å². The molecular formula is C12H14Cl2O2. The van der Waals surface area contributed by atoms with Crippen LogP contribution < -0.4 is 0 Å². The first-order valence-electron chi connectivity index (χ1n) is 5.14. The third kappa shape index (κ3) is 2.07. The Kier molecular flexibility index (Phi) is 3.19. The van der Waals surface area contributed by atoms with Gasteiger partial charge in [0.25, 0.3) is 0 Å². The number of alkyl halides is 2. The zero-order valence-electron chi connectivity index (χ0n) is 9.24. The summed E-state index contributed by atoms with van der Waals surface area (Å²) >= 11 is 12.1. The Morgan fingerprint density at radius 3 is 2.25 bits per heavy atom. The second-order valence-electron chi connectivity index (χ2n) is 4.35. The Morgan fingerprint density at radius 2 is 1.81 bits per heavy atom. The van der Waals surface area contributed by atoms with Crippen molar-refractivity contribution in [1.82, 2.24) is 0 Å². The topological polar surface area (TPSA) is 18.5 Å². The molecule has 2 rings (SSSR count). The molecule has 4 heteroatoms. The summed E-state index contributed by atoms with van der Waals surface area (Å²) in [5, 5.41) is 0. The van der Waals surface area contributed by atoms with Crippen molar-refractivity contribution in [1.29, 1.82) is 0 Å².